The average molecular weight is 253 g/mol. The van der Waals surface area contributed by atoms with Crippen molar-refractivity contribution in [3.05, 3.63) is 48.5 Å². The van der Waals surface area contributed by atoms with E-state index >= 15 is 0 Å². The van der Waals surface area contributed by atoms with Gasteiger partial charge in [-0.2, -0.15) is 0 Å². The first-order valence-corrected chi connectivity index (χ1v) is 6.37. The molecule has 0 unspecified atom stereocenters. The summed E-state index contributed by atoms with van der Waals surface area (Å²) in [7, 11) is 0. The number of carbonyl (C=O) groups is 1. The molecular weight excluding hydrogens is 238 g/mol. The number of hydrogen-bond acceptors (Lipinski definition) is 2. The number of fused-ring (bicyclic) bond motifs is 3. The summed E-state index contributed by atoms with van der Waals surface area (Å²) in [6.45, 7) is 2.51. The van der Waals surface area contributed by atoms with Gasteiger partial charge >= 0.3 is 5.97 Å². The minimum Gasteiger partial charge on any atom is -0.464 e. The van der Waals surface area contributed by atoms with Crippen LogP contribution in [0.15, 0.2) is 48.5 Å². The lowest BCUT2D eigenvalue weighted by Crippen LogP contribution is -2.08. The smallest absolute Gasteiger partial charge is 0.302 e. The highest BCUT2D eigenvalue weighted by Gasteiger charge is 2.09. The van der Waals surface area contributed by atoms with Gasteiger partial charge in [0, 0.05) is 28.7 Å². The standard InChI is InChI=1S/C16H15NO2/c1-12(18)19-11-10-17-15-8-4-2-6-13(15)14-7-3-5-9-16(14)17/h2-9H,10-11H2,1H3. The molecule has 3 heteroatoms. The number of benzene rings is 2. The average Bonchev–Trinajstić information content (AvgIpc) is 2.74. The van der Waals surface area contributed by atoms with Crippen LogP contribution in [0.1, 0.15) is 6.92 Å². The molecule has 0 saturated heterocycles. The van der Waals surface area contributed by atoms with Crippen LogP contribution in [-0.4, -0.2) is 17.1 Å². The Hall–Kier alpha value is -2.29. The number of hydrogen-bond donors (Lipinski definition) is 0. The summed E-state index contributed by atoms with van der Waals surface area (Å²) < 4.78 is 7.26. The molecule has 0 saturated carbocycles. The van der Waals surface area contributed by atoms with Crippen molar-refractivity contribution in [1.29, 1.82) is 0 Å². The molecule has 96 valence electrons. The lowest BCUT2D eigenvalue weighted by Gasteiger charge is -2.07. The van der Waals surface area contributed by atoms with Crippen molar-refractivity contribution in [2.75, 3.05) is 6.61 Å². The summed E-state index contributed by atoms with van der Waals surface area (Å²) in [5.41, 5.74) is 2.35. The van der Waals surface area contributed by atoms with E-state index in [1.165, 1.54) is 28.7 Å². The van der Waals surface area contributed by atoms with E-state index in [9.17, 15) is 4.79 Å². The van der Waals surface area contributed by atoms with Crippen LogP contribution in [0.4, 0.5) is 0 Å². The fourth-order valence-electron chi connectivity index (χ4n) is 2.52. The number of aromatic nitrogens is 1. The molecule has 1 aromatic heterocycles. The molecule has 3 aromatic rings. The van der Waals surface area contributed by atoms with Gasteiger partial charge in [-0.15, -0.1) is 0 Å². The first-order chi connectivity index (χ1) is 9.27. The topological polar surface area (TPSA) is 31.2 Å². The lowest BCUT2D eigenvalue weighted by atomic mass is 10.2. The van der Waals surface area contributed by atoms with E-state index < -0.39 is 0 Å². The molecule has 0 fully saturated rings. The van der Waals surface area contributed by atoms with Gasteiger partial charge in [0.25, 0.3) is 0 Å². The molecule has 0 aliphatic carbocycles. The molecule has 0 amide bonds. The third kappa shape index (κ3) is 2.08. The Kier molecular flexibility index (Phi) is 2.95. The summed E-state index contributed by atoms with van der Waals surface area (Å²) in [5.74, 6) is -0.235. The van der Waals surface area contributed by atoms with E-state index in [4.69, 9.17) is 4.74 Å². The normalized spacial score (nSPS) is 11.0. The van der Waals surface area contributed by atoms with E-state index in [2.05, 4.69) is 28.8 Å². The van der Waals surface area contributed by atoms with E-state index in [1.807, 2.05) is 24.3 Å². The van der Waals surface area contributed by atoms with E-state index in [0.29, 0.717) is 13.2 Å². The van der Waals surface area contributed by atoms with Crippen LogP contribution in [0, 0.1) is 0 Å². The van der Waals surface area contributed by atoms with Crippen LogP contribution in [0.2, 0.25) is 0 Å². The number of rotatable bonds is 3. The molecule has 0 radical (unpaired) electrons. The third-order valence-corrected chi connectivity index (χ3v) is 3.30. The molecule has 1 heterocycles. The molecule has 2 aromatic carbocycles. The van der Waals surface area contributed by atoms with Crippen LogP contribution >= 0.6 is 0 Å². The molecule has 0 N–H and O–H groups in total. The van der Waals surface area contributed by atoms with Gasteiger partial charge in [-0.05, 0) is 12.1 Å². The van der Waals surface area contributed by atoms with Gasteiger partial charge in [0.2, 0.25) is 0 Å². The SMILES string of the molecule is CC(=O)OCCn1c2ccccc2c2ccccc21. The van der Waals surface area contributed by atoms with Gasteiger partial charge in [-0.25, -0.2) is 0 Å². The number of carbonyl (C=O) groups excluding carboxylic acids is 1. The molecule has 19 heavy (non-hydrogen) atoms. The van der Waals surface area contributed by atoms with E-state index in [-0.39, 0.29) is 5.97 Å². The second kappa shape index (κ2) is 4.76. The highest BCUT2D eigenvalue weighted by atomic mass is 16.5. The van der Waals surface area contributed by atoms with Gasteiger partial charge in [-0.1, -0.05) is 36.4 Å². The Bertz CT molecular complexity index is 689. The molecule has 0 bridgehead atoms. The number of para-hydroxylation sites is 2. The molecular formula is C16H15NO2. The van der Waals surface area contributed by atoms with Crippen LogP contribution in [-0.2, 0) is 16.1 Å². The van der Waals surface area contributed by atoms with Crippen molar-refractivity contribution in [1.82, 2.24) is 4.57 Å². The van der Waals surface area contributed by atoms with E-state index in [1.54, 1.807) is 0 Å². The summed E-state index contributed by atoms with van der Waals surface area (Å²) in [5, 5.41) is 2.47. The maximum Gasteiger partial charge on any atom is 0.302 e. The van der Waals surface area contributed by atoms with Crippen LogP contribution in [0.25, 0.3) is 21.8 Å². The second-order valence-corrected chi connectivity index (χ2v) is 4.53. The quantitative estimate of drug-likeness (QED) is 0.670. The zero-order valence-corrected chi connectivity index (χ0v) is 10.8. The third-order valence-electron chi connectivity index (χ3n) is 3.30. The minimum absolute atomic E-state index is 0.235. The summed E-state index contributed by atoms with van der Waals surface area (Å²) >= 11 is 0. The highest BCUT2D eigenvalue weighted by molar-refractivity contribution is 6.07. The van der Waals surface area contributed by atoms with Crippen LogP contribution in [0.5, 0.6) is 0 Å². The van der Waals surface area contributed by atoms with Crippen molar-refractivity contribution >= 4 is 27.8 Å². The summed E-state index contributed by atoms with van der Waals surface area (Å²) in [6.07, 6.45) is 0. The number of ether oxygens (including phenoxy) is 1. The summed E-state index contributed by atoms with van der Waals surface area (Å²) in [6, 6.07) is 16.6. The monoisotopic (exact) mass is 253 g/mol. The first kappa shape index (κ1) is 11.8. The van der Waals surface area contributed by atoms with Crippen LogP contribution in [0.3, 0.4) is 0 Å². The van der Waals surface area contributed by atoms with Crippen molar-refractivity contribution in [3.63, 3.8) is 0 Å². The molecule has 0 aliphatic rings. The fourth-order valence-corrected chi connectivity index (χ4v) is 2.52. The molecule has 0 spiro atoms. The molecule has 3 rings (SSSR count). The fraction of sp³-hybridized carbons (Fsp3) is 0.188. The number of nitrogens with zero attached hydrogens (tertiary/aromatic N) is 1. The second-order valence-electron chi connectivity index (χ2n) is 4.53. The van der Waals surface area contributed by atoms with Crippen molar-refractivity contribution in [2.45, 2.75) is 13.5 Å². The van der Waals surface area contributed by atoms with Gasteiger partial charge in [0.15, 0.2) is 0 Å². The largest absolute Gasteiger partial charge is 0.464 e. The zero-order valence-electron chi connectivity index (χ0n) is 10.8. The Morgan fingerprint density at radius 3 is 2.05 bits per heavy atom. The molecule has 0 atom stereocenters. The van der Waals surface area contributed by atoms with Gasteiger partial charge in [0.05, 0.1) is 6.54 Å². The summed E-state index contributed by atoms with van der Waals surface area (Å²) in [4.78, 5) is 10.9. The van der Waals surface area contributed by atoms with Crippen molar-refractivity contribution in [2.24, 2.45) is 0 Å². The van der Waals surface area contributed by atoms with Crippen LogP contribution < -0.4 is 0 Å². The highest BCUT2D eigenvalue weighted by Crippen LogP contribution is 2.28. The predicted molar refractivity (Wildman–Crippen MR) is 76.1 cm³/mol. The van der Waals surface area contributed by atoms with Crippen molar-refractivity contribution in [3.8, 4) is 0 Å². The zero-order chi connectivity index (χ0) is 13.2. The Balaban J connectivity index is 2.11. The van der Waals surface area contributed by atoms with Gasteiger partial charge in [-0.3, -0.25) is 4.79 Å². The minimum atomic E-state index is -0.235. The maximum atomic E-state index is 10.9. The van der Waals surface area contributed by atoms with E-state index in [0.717, 1.165) is 0 Å². The lowest BCUT2D eigenvalue weighted by molar-refractivity contribution is -0.141. The molecule has 0 aliphatic heterocycles. The van der Waals surface area contributed by atoms with Crippen molar-refractivity contribution < 1.29 is 9.53 Å². The number of esters is 1. The van der Waals surface area contributed by atoms with Gasteiger partial charge in [0.1, 0.15) is 6.61 Å². The van der Waals surface area contributed by atoms with Gasteiger partial charge < -0.3 is 9.30 Å². The molecule has 3 nitrogen and oxygen atoms in total. The first-order valence-electron chi connectivity index (χ1n) is 6.37. The Morgan fingerprint density at radius 2 is 1.53 bits per heavy atom. The Morgan fingerprint density at radius 1 is 1.00 bits per heavy atom. The Labute approximate surface area is 111 Å². The maximum absolute atomic E-state index is 10.9. The predicted octanol–water partition coefficient (Wildman–Crippen LogP) is 3.36.